The number of carbonyl (C=O) groups excluding carboxylic acids is 1. The first kappa shape index (κ1) is 13.4. The monoisotopic (exact) mass is 279 g/mol. The van der Waals surface area contributed by atoms with Crippen LogP contribution in [0.1, 0.15) is 31.7 Å². The van der Waals surface area contributed by atoms with Crippen LogP contribution in [0.15, 0.2) is 10.8 Å². The molecule has 1 atom stereocenters. The normalized spacial score (nSPS) is 23.4. The van der Waals surface area contributed by atoms with Crippen LogP contribution in [0.3, 0.4) is 0 Å². The van der Waals surface area contributed by atoms with E-state index in [2.05, 4.69) is 10.5 Å². The first-order chi connectivity index (χ1) is 9.79. The van der Waals surface area contributed by atoms with Crippen LogP contribution in [-0.4, -0.2) is 41.9 Å². The van der Waals surface area contributed by atoms with Crippen molar-refractivity contribution in [2.45, 2.75) is 38.6 Å². The third kappa shape index (κ3) is 2.52. The molecule has 1 aliphatic heterocycles. The van der Waals surface area contributed by atoms with Crippen molar-refractivity contribution in [3.63, 3.8) is 0 Å². The van der Waals surface area contributed by atoms with Gasteiger partial charge < -0.3 is 14.2 Å². The molecule has 0 spiro atoms. The zero-order valence-electron chi connectivity index (χ0n) is 11.8. The summed E-state index contributed by atoms with van der Waals surface area (Å²) in [6.07, 6.45) is 6.02. The summed E-state index contributed by atoms with van der Waals surface area (Å²) < 4.78 is 10.5. The molecule has 1 aromatic heterocycles. The zero-order chi connectivity index (χ0) is 13.9. The molecule has 0 radical (unpaired) electrons. The summed E-state index contributed by atoms with van der Waals surface area (Å²) in [6, 6.07) is 0.114. The quantitative estimate of drug-likeness (QED) is 0.921. The molecule has 1 unspecified atom stereocenters. The van der Waals surface area contributed by atoms with Crippen molar-refractivity contribution in [3.8, 4) is 0 Å². The molecule has 20 heavy (non-hydrogen) atoms. The third-order valence-electron chi connectivity index (χ3n) is 4.37. The number of carbonyl (C=O) groups is 1. The maximum absolute atomic E-state index is 12.5. The topological polar surface area (TPSA) is 67.6 Å². The van der Waals surface area contributed by atoms with Gasteiger partial charge in [-0.2, -0.15) is 0 Å². The summed E-state index contributed by atoms with van der Waals surface area (Å²) in [5.41, 5.74) is 0.923. The molecule has 3 rings (SSSR count). The molecular formula is C14H21N3O3. The number of amides is 2. The summed E-state index contributed by atoms with van der Waals surface area (Å²) in [7, 11) is 0. The SMILES string of the molecule is CCc1conc1NC(=O)N1CCOCC1C1CCC1. The molecule has 0 aromatic carbocycles. The van der Waals surface area contributed by atoms with E-state index in [0.717, 1.165) is 12.0 Å². The fourth-order valence-electron chi connectivity index (χ4n) is 2.87. The van der Waals surface area contributed by atoms with Gasteiger partial charge in [0.15, 0.2) is 5.82 Å². The number of nitrogens with zero attached hydrogens (tertiary/aromatic N) is 2. The number of rotatable bonds is 3. The van der Waals surface area contributed by atoms with E-state index >= 15 is 0 Å². The Labute approximate surface area is 118 Å². The summed E-state index contributed by atoms with van der Waals surface area (Å²) >= 11 is 0. The van der Waals surface area contributed by atoms with Crippen molar-refractivity contribution in [2.24, 2.45) is 5.92 Å². The average molecular weight is 279 g/mol. The van der Waals surface area contributed by atoms with Crippen molar-refractivity contribution in [2.75, 3.05) is 25.1 Å². The second-order valence-corrected chi connectivity index (χ2v) is 5.50. The van der Waals surface area contributed by atoms with Crippen LogP contribution in [0.4, 0.5) is 10.6 Å². The van der Waals surface area contributed by atoms with Gasteiger partial charge in [0.05, 0.1) is 19.3 Å². The van der Waals surface area contributed by atoms with Gasteiger partial charge >= 0.3 is 6.03 Å². The largest absolute Gasteiger partial charge is 0.377 e. The highest BCUT2D eigenvalue weighted by atomic mass is 16.5. The highest BCUT2D eigenvalue weighted by Gasteiger charge is 2.36. The Morgan fingerprint density at radius 2 is 2.40 bits per heavy atom. The van der Waals surface area contributed by atoms with E-state index in [0.29, 0.717) is 31.5 Å². The van der Waals surface area contributed by atoms with E-state index in [9.17, 15) is 4.79 Å². The van der Waals surface area contributed by atoms with E-state index in [1.807, 2.05) is 11.8 Å². The molecule has 2 aliphatic rings. The van der Waals surface area contributed by atoms with Crippen LogP contribution in [0, 0.1) is 5.92 Å². The maximum Gasteiger partial charge on any atom is 0.323 e. The van der Waals surface area contributed by atoms with Gasteiger partial charge in [0.1, 0.15) is 6.26 Å². The summed E-state index contributed by atoms with van der Waals surface area (Å²) in [5, 5.41) is 6.73. The third-order valence-corrected chi connectivity index (χ3v) is 4.37. The van der Waals surface area contributed by atoms with Crippen LogP contribution >= 0.6 is 0 Å². The minimum Gasteiger partial charge on any atom is -0.377 e. The predicted molar refractivity (Wildman–Crippen MR) is 73.6 cm³/mol. The van der Waals surface area contributed by atoms with Crippen LogP contribution < -0.4 is 5.32 Å². The van der Waals surface area contributed by atoms with E-state index in [4.69, 9.17) is 9.26 Å². The minimum atomic E-state index is -0.0891. The van der Waals surface area contributed by atoms with E-state index in [1.165, 1.54) is 19.3 Å². The Kier molecular flexibility index (Phi) is 3.91. The second-order valence-electron chi connectivity index (χ2n) is 5.50. The van der Waals surface area contributed by atoms with Gasteiger partial charge in [-0.1, -0.05) is 18.5 Å². The van der Waals surface area contributed by atoms with Gasteiger partial charge in [0, 0.05) is 12.1 Å². The summed E-state index contributed by atoms with van der Waals surface area (Å²) in [5.74, 6) is 1.13. The van der Waals surface area contributed by atoms with Crippen molar-refractivity contribution in [1.29, 1.82) is 0 Å². The van der Waals surface area contributed by atoms with Crippen LogP contribution in [-0.2, 0) is 11.2 Å². The first-order valence-corrected chi connectivity index (χ1v) is 7.38. The molecule has 1 aliphatic carbocycles. The van der Waals surface area contributed by atoms with E-state index in [-0.39, 0.29) is 12.1 Å². The molecule has 1 N–H and O–H groups in total. The zero-order valence-corrected chi connectivity index (χ0v) is 11.8. The Morgan fingerprint density at radius 1 is 1.55 bits per heavy atom. The smallest absolute Gasteiger partial charge is 0.323 e. The number of aryl methyl sites for hydroxylation is 1. The fraction of sp³-hybridized carbons (Fsp3) is 0.714. The Bertz CT molecular complexity index is 470. The fourth-order valence-corrected chi connectivity index (χ4v) is 2.87. The van der Waals surface area contributed by atoms with Gasteiger partial charge in [-0.15, -0.1) is 0 Å². The standard InChI is InChI=1S/C14H21N3O3/c1-2-10-8-20-16-13(10)15-14(18)17-6-7-19-9-12(17)11-4-3-5-11/h8,11-12H,2-7,9H2,1H3,(H,15,16,18). The van der Waals surface area contributed by atoms with Crippen LogP contribution in [0.5, 0.6) is 0 Å². The molecule has 1 saturated carbocycles. The average Bonchev–Trinajstić information content (AvgIpc) is 2.84. The maximum atomic E-state index is 12.5. The van der Waals surface area contributed by atoms with Gasteiger partial charge in [-0.3, -0.25) is 5.32 Å². The number of anilines is 1. The summed E-state index contributed by atoms with van der Waals surface area (Å²) in [4.78, 5) is 14.4. The number of urea groups is 1. The molecule has 6 heteroatoms. The number of ether oxygens (including phenoxy) is 1. The van der Waals surface area contributed by atoms with Crippen LogP contribution in [0.25, 0.3) is 0 Å². The Morgan fingerprint density at radius 3 is 3.10 bits per heavy atom. The van der Waals surface area contributed by atoms with Gasteiger partial charge in [0.25, 0.3) is 0 Å². The second kappa shape index (κ2) is 5.83. The molecule has 2 amide bonds. The molecule has 2 heterocycles. The predicted octanol–water partition coefficient (Wildman–Crippen LogP) is 2.27. The molecule has 110 valence electrons. The molecule has 1 saturated heterocycles. The molecule has 6 nitrogen and oxygen atoms in total. The molecule has 2 fully saturated rings. The number of hydrogen-bond acceptors (Lipinski definition) is 4. The van der Waals surface area contributed by atoms with Crippen molar-refractivity contribution >= 4 is 11.8 Å². The van der Waals surface area contributed by atoms with Crippen molar-refractivity contribution in [1.82, 2.24) is 10.1 Å². The van der Waals surface area contributed by atoms with Crippen LogP contribution in [0.2, 0.25) is 0 Å². The lowest BCUT2D eigenvalue weighted by atomic mass is 9.79. The van der Waals surface area contributed by atoms with Gasteiger partial charge in [-0.25, -0.2) is 4.79 Å². The van der Waals surface area contributed by atoms with Crippen molar-refractivity contribution in [3.05, 3.63) is 11.8 Å². The first-order valence-electron chi connectivity index (χ1n) is 7.38. The Hall–Kier alpha value is -1.56. The highest BCUT2D eigenvalue weighted by molar-refractivity contribution is 5.89. The Balaban J connectivity index is 1.68. The lowest BCUT2D eigenvalue weighted by molar-refractivity contribution is -0.0216. The lowest BCUT2D eigenvalue weighted by Crippen LogP contribution is -2.54. The van der Waals surface area contributed by atoms with E-state index < -0.39 is 0 Å². The van der Waals surface area contributed by atoms with E-state index in [1.54, 1.807) is 6.26 Å². The van der Waals surface area contributed by atoms with Gasteiger partial charge in [0.2, 0.25) is 0 Å². The number of aromatic nitrogens is 1. The molecule has 1 aromatic rings. The minimum absolute atomic E-state index is 0.0891. The number of hydrogen-bond donors (Lipinski definition) is 1. The summed E-state index contributed by atoms with van der Waals surface area (Å²) in [6.45, 7) is 3.91. The lowest BCUT2D eigenvalue weighted by Gasteiger charge is -2.43. The highest BCUT2D eigenvalue weighted by Crippen LogP contribution is 2.33. The molecular weight excluding hydrogens is 258 g/mol. The van der Waals surface area contributed by atoms with Gasteiger partial charge in [-0.05, 0) is 25.2 Å². The van der Waals surface area contributed by atoms with Crippen molar-refractivity contribution < 1.29 is 14.1 Å². The number of nitrogens with one attached hydrogen (secondary N) is 1. The molecule has 0 bridgehead atoms. The number of morpholine rings is 1.